The average molecular weight is 470 g/mol. The summed E-state index contributed by atoms with van der Waals surface area (Å²) in [7, 11) is 1.29. The van der Waals surface area contributed by atoms with E-state index >= 15 is 0 Å². The fraction of sp³-hybridized carbons (Fsp3) is 0.533. The summed E-state index contributed by atoms with van der Waals surface area (Å²) >= 11 is 0. The summed E-state index contributed by atoms with van der Waals surface area (Å²) in [6.07, 6.45) is 0. The number of benzene rings is 1. The molecule has 138 valence electrons. The molecule has 1 rings (SSSR count). The largest absolute Gasteiger partial charge is 0.383 e. The van der Waals surface area contributed by atoms with Crippen LogP contribution in [0, 0.1) is 0 Å². The lowest BCUT2D eigenvalue weighted by Gasteiger charge is -2.12. The molecule has 0 aromatic heterocycles. The van der Waals surface area contributed by atoms with Gasteiger partial charge in [-0.15, -0.1) is 24.0 Å². The van der Waals surface area contributed by atoms with Crippen molar-refractivity contribution in [3.63, 3.8) is 0 Å². The zero-order valence-electron chi connectivity index (χ0n) is 14.6. The first kappa shape index (κ1) is 23.1. The van der Waals surface area contributed by atoms with Crippen molar-refractivity contribution in [1.82, 2.24) is 14.9 Å². The molecule has 0 fully saturated rings. The topological polar surface area (TPSA) is 83.0 Å². The maximum atomic E-state index is 12.0. The molecule has 0 heterocycles. The van der Waals surface area contributed by atoms with Gasteiger partial charge in [-0.2, -0.15) is 0 Å². The molecule has 0 saturated heterocycles. The van der Waals surface area contributed by atoms with E-state index in [9.17, 15) is 8.42 Å². The van der Waals surface area contributed by atoms with E-state index in [4.69, 9.17) is 4.74 Å². The predicted octanol–water partition coefficient (Wildman–Crippen LogP) is 1.26. The minimum absolute atomic E-state index is 0. The molecule has 0 atom stereocenters. The molecule has 24 heavy (non-hydrogen) atoms. The lowest BCUT2D eigenvalue weighted by atomic mass is 10.2. The van der Waals surface area contributed by atoms with Gasteiger partial charge in [0.1, 0.15) is 0 Å². The van der Waals surface area contributed by atoms with Gasteiger partial charge in [-0.05, 0) is 24.6 Å². The van der Waals surface area contributed by atoms with E-state index in [1.807, 2.05) is 6.92 Å². The molecule has 0 aliphatic carbocycles. The summed E-state index contributed by atoms with van der Waals surface area (Å²) in [5.74, 6) is 0.703. The molecule has 0 spiro atoms. The van der Waals surface area contributed by atoms with Crippen LogP contribution in [-0.4, -0.2) is 59.6 Å². The van der Waals surface area contributed by atoms with Crippen LogP contribution in [0.2, 0.25) is 0 Å². The van der Waals surface area contributed by atoms with Crippen molar-refractivity contribution >= 4 is 40.0 Å². The van der Waals surface area contributed by atoms with Crippen molar-refractivity contribution in [2.75, 3.05) is 40.9 Å². The molecule has 0 saturated carbocycles. The number of nitrogens with one attached hydrogen (secondary N) is 2. The lowest BCUT2D eigenvalue weighted by molar-refractivity contribution is 0.203. The number of guanidine groups is 1. The van der Waals surface area contributed by atoms with E-state index in [0.717, 1.165) is 12.1 Å². The van der Waals surface area contributed by atoms with Gasteiger partial charge in [-0.3, -0.25) is 0 Å². The average Bonchev–Trinajstić information content (AvgIpc) is 2.53. The molecule has 1 aromatic carbocycles. The number of hydrogen-bond donors (Lipinski definition) is 2. The summed E-state index contributed by atoms with van der Waals surface area (Å²) in [6, 6.07) is 6.76. The Balaban J connectivity index is 0.00000529. The third-order valence-electron chi connectivity index (χ3n) is 3.06. The molecule has 9 heteroatoms. The molecule has 0 radical (unpaired) electrons. The van der Waals surface area contributed by atoms with Gasteiger partial charge in [-0.1, -0.05) is 12.1 Å². The van der Waals surface area contributed by atoms with E-state index in [-0.39, 0.29) is 28.9 Å². The molecular weight excluding hydrogens is 443 g/mol. The van der Waals surface area contributed by atoms with E-state index in [2.05, 4.69) is 15.6 Å². The fourth-order valence-corrected chi connectivity index (χ4v) is 2.66. The first-order valence-electron chi connectivity index (χ1n) is 7.44. The normalized spacial score (nSPS) is 12.0. The molecule has 0 bridgehead atoms. The number of methoxy groups -OCH3 is 1. The Labute approximate surface area is 161 Å². The highest BCUT2D eigenvalue weighted by Gasteiger charge is 2.16. The van der Waals surface area contributed by atoms with Crippen molar-refractivity contribution in [1.29, 1.82) is 0 Å². The second-order valence-corrected chi connectivity index (χ2v) is 7.20. The Morgan fingerprint density at radius 3 is 2.33 bits per heavy atom. The number of halogens is 1. The number of sulfonamides is 1. The van der Waals surface area contributed by atoms with Gasteiger partial charge >= 0.3 is 0 Å². The number of hydrogen-bond acceptors (Lipinski definition) is 4. The Hall–Kier alpha value is -0.910. The van der Waals surface area contributed by atoms with Crippen LogP contribution in [0.1, 0.15) is 12.5 Å². The van der Waals surface area contributed by atoms with Crippen molar-refractivity contribution in [2.45, 2.75) is 18.4 Å². The Morgan fingerprint density at radius 2 is 1.83 bits per heavy atom. The highest BCUT2D eigenvalue weighted by molar-refractivity contribution is 14.0. The van der Waals surface area contributed by atoms with Crippen molar-refractivity contribution in [2.24, 2.45) is 4.99 Å². The van der Waals surface area contributed by atoms with Gasteiger partial charge in [0.15, 0.2) is 5.96 Å². The van der Waals surface area contributed by atoms with Crippen LogP contribution in [0.5, 0.6) is 0 Å². The van der Waals surface area contributed by atoms with Crippen LogP contribution in [-0.2, 0) is 21.3 Å². The Kier molecular flexibility index (Phi) is 11.2. The first-order valence-corrected chi connectivity index (χ1v) is 8.88. The summed E-state index contributed by atoms with van der Waals surface area (Å²) in [5, 5.41) is 6.30. The molecule has 1 aromatic rings. The van der Waals surface area contributed by atoms with Crippen LogP contribution >= 0.6 is 24.0 Å². The van der Waals surface area contributed by atoms with E-state index in [0.29, 0.717) is 25.7 Å². The summed E-state index contributed by atoms with van der Waals surface area (Å²) in [6.45, 7) is 4.49. The van der Waals surface area contributed by atoms with Gasteiger partial charge in [0.2, 0.25) is 10.0 Å². The third kappa shape index (κ3) is 7.32. The standard InChI is InChI=1S/C15H26N4O3S.HI/c1-5-16-15(17-10-11-22-4)18-12-13-6-8-14(9-7-13)23(20,21)19(2)3;/h6-9H,5,10-12H2,1-4H3,(H2,16,17,18);1H. The minimum Gasteiger partial charge on any atom is -0.383 e. The zero-order chi connectivity index (χ0) is 17.3. The minimum atomic E-state index is -3.39. The predicted molar refractivity (Wildman–Crippen MR) is 107 cm³/mol. The molecule has 2 N–H and O–H groups in total. The SMILES string of the molecule is CCNC(=NCc1ccc(S(=O)(=O)N(C)C)cc1)NCCOC.I. The van der Waals surface area contributed by atoms with E-state index in [1.165, 1.54) is 18.4 Å². The van der Waals surface area contributed by atoms with Crippen molar-refractivity contribution in [3.8, 4) is 0 Å². The van der Waals surface area contributed by atoms with E-state index < -0.39 is 10.0 Å². The van der Waals surface area contributed by atoms with Gasteiger partial charge in [0, 0.05) is 34.3 Å². The number of rotatable bonds is 8. The molecule has 7 nitrogen and oxygen atoms in total. The third-order valence-corrected chi connectivity index (χ3v) is 4.89. The summed E-state index contributed by atoms with van der Waals surface area (Å²) in [4.78, 5) is 4.74. The highest BCUT2D eigenvalue weighted by atomic mass is 127. The van der Waals surface area contributed by atoms with Crippen LogP contribution < -0.4 is 10.6 Å². The number of ether oxygens (including phenoxy) is 1. The zero-order valence-corrected chi connectivity index (χ0v) is 17.7. The number of nitrogens with zero attached hydrogens (tertiary/aromatic N) is 2. The monoisotopic (exact) mass is 470 g/mol. The molecular formula is C15H27IN4O3S. The molecule has 0 unspecified atom stereocenters. The van der Waals surface area contributed by atoms with Gasteiger partial charge in [0.25, 0.3) is 0 Å². The Morgan fingerprint density at radius 1 is 1.21 bits per heavy atom. The van der Waals surface area contributed by atoms with E-state index in [1.54, 1.807) is 31.4 Å². The molecule has 0 aliphatic heterocycles. The first-order chi connectivity index (χ1) is 10.9. The van der Waals surface area contributed by atoms with Crippen LogP contribution in [0.4, 0.5) is 0 Å². The van der Waals surface area contributed by atoms with Crippen LogP contribution in [0.25, 0.3) is 0 Å². The van der Waals surface area contributed by atoms with Crippen molar-refractivity contribution in [3.05, 3.63) is 29.8 Å². The quantitative estimate of drug-likeness (QED) is 0.259. The molecule has 0 aliphatic rings. The highest BCUT2D eigenvalue weighted by Crippen LogP contribution is 2.14. The molecule has 0 amide bonds. The van der Waals surface area contributed by atoms with Gasteiger partial charge in [-0.25, -0.2) is 17.7 Å². The van der Waals surface area contributed by atoms with Gasteiger partial charge < -0.3 is 15.4 Å². The summed E-state index contributed by atoms with van der Waals surface area (Å²) in [5.41, 5.74) is 0.937. The second-order valence-electron chi connectivity index (χ2n) is 5.05. The van der Waals surface area contributed by atoms with Gasteiger partial charge in [0.05, 0.1) is 18.0 Å². The fourth-order valence-electron chi connectivity index (χ4n) is 1.76. The second kappa shape index (κ2) is 11.6. The van der Waals surface area contributed by atoms with Crippen LogP contribution in [0.3, 0.4) is 0 Å². The van der Waals surface area contributed by atoms with Crippen molar-refractivity contribution < 1.29 is 13.2 Å². The smallest absolute Gasteiger partial charge is 0.242 e. The number of aliphatic imine (C=N–C) groups is 1. The maximum absolute atomic E-state index is 12.0. The Bertz CT molecular complexity index is 604. The summed E-state index contributed by atoms with van der Waals surface area (Å²) < 4.78 is 30.2. The van der Waals surface area contributed by atoms with Crippen LogP contribution in [0.15, 0.2) is 34.2 Å². The maximum Gasteiger partial charge on any atom is 0.242 e. The lowest BCUT2D eigenvalue weighted by Crippen LogP contribution is -2.38.